The molecule has 1 heterocycles. The van der Waals surface area contributed by atoms with E-state index in [1.54, 1.807) is 0 Å². The number of carbonyl (C=O) groups excluding carboxylic acids is 1. The monoisotopic (exact) mass is 397 g/mol. The molecule has 1 aromatic heterocycles. The van der Waals surface area contributed by atoms with Crippen LogP contribution in [0.15, 0.2) is 71.3 Å². The van der Waals surface area contributed by atoms with Crippen LogP contribution in [-0.2, 0) is 13.1 Å². The summed E-state index contributed by atoms with van der Waals surface area (Å²) < 4.78 is 3.08. The molecular formula is C20H20BrN3O. The number of hydrogen-bond donors (Lipinski definition) is 2. The smallest absolute Gasteiger partial charge is 0.319 e. The van der Waals surface area contributed by atoms with E-state index in [0.717, 1.165) is 22.4 Å². The minimum absolute atomic E-state index is 0.221. The third-order valence-electron chi connectivity index (χ3n) is 4.04. The van der Waals surface area contributed by atoms with Gasteiger partial charge in [0.25, 0.3) is 0 Å². The van der Waals surface area contributed by atoms with E-state index < -0.39 is 0 Å². The highest BCUT2D eigenvalue weighted by molar-refractivity contribution is 9.10. The lowest BCUT2D eigenvalue weighted by Gasteiger charge is -2.13. The van der Waals surface area contributed by atoms with Crippen molar-refractivity contribution in [3.8, 4) is 0 Å². The summed E-state index contributed by atoms with van der Waals surface area (Å²) in [5.41, 5.74) is 4.36. The summed E-state index contributed by atoms with van der Waals surface area (Å²) >= 11 is 3.39. The molecule has 0 aliphatic carbocycles. The molecule has 0 aliphatic heterocycles. The van der Waals surface area contributed by atoms with Crippen LogP contribution in [0.4, 0.5) is 10.5 Å². The number of carbonyl (C=O) groups is 1. The number of benzene rings is 2. The second kappa shape index (κ2) is 8.03. The summed E-state index contributed by atoms with van der Waals surface area (Å²) in [4.78, 5) is 12.1. The predicted octanol–water partition coefficient (Wildman–Crippen LogP) is 4.93. The minimum atomic E-state index is -0.221. The zero-order valence-corrected chi connectivity index (χ0v) is 15.6. The maximum atomic E-state index is 12.1. The Hall–Kier alpha value is -2.53. The number of aryl methyl sites for hydroxylation is 1. The number of nitrogens with one attached hydrogen (secondary N) is 2. The van der Waals surface area contributed by atoms with Crippen LogP contribution >= 0.6 is 15.9 Å². The van der Waals surface area contributed by atoms with Gasteiger partial charge in [-0.3, -0.25) is 0 Å². The highest BCUT2D eigenvalue weighted by Gasteiger charge is 2.06. The molecule has 3 aromatic rings. The van der Waals surface area contributed by atoms with Crippen molar-refractivity contribution < 1.29 is 4.79 Å². The molecule has 0 unspecified atom stereocenters. The summed E-state index contributed by atoms with van der Waals surface area (Å²) in [6.45, 7) is 3.38. The first-order chi connectivity index (χ1) is 12.1. The third kappa shape index (κ3) is 4.73. The van der Waals surface area contributed by atoms with Crippen molar-refractivity contribution in [3.05, 3.63) is 88.2 Å². The van der Waals surface area contributed by atoms with E-state index in [1.807, 2.05) is 48.7 Å². The van der Waals surface area contributed by atoms with Crippen LogP contribution < -0.4 is 10.6 Å². The van der Waals surface area contributed by atoms with Gasteiger partial charge in [-0.2, -0.15) is 0 Å². The normalized spacial score (nSPS) is 10.5. The van der Waals surface area contributed by atoms with Gasteiger partial charge in [-0.1, -0.05) is 46.3 Å². The van der Waals surface area contributed by atoms with Crippen LogP contribution in [0.1, 0.15) is 16.8 Å². The molecule has 5 heteroatoms. The number of nitrogens with zero attached hydrogens (tertiary/aromatic N) is 1. The van der Waals surface area contributed by atoms with Gasteiger partial charge < -0.3 is 15.2 Å². The topological polar surface area (TPSA) is 46.1 Å². The summed E-state index contributed by atoms with van der Waals surface area (Å²) in [7, 11) is 0. The molecule has 4 nitrogen and oxygen atoms in total. The van der Waals surface area contributed by atoms with Crippen molar-refractivity contribution in [1.82, 2.24) is 9.88 Å². The molecule has 0 bridgehead atoms. The van der Waals surface area contributed by atoms with Crippen molar-refractivity contribution in [1.29, 1.82) is 0 Å². The lowest BCUT2D eigenvalue weighted by molar-refractivity contribution is 0.251. The van der Waals surface area contributed by atoms with E-state index in [1.165, 1.54) is 11.1 Å². The van der Waals surface area contributed by atoms with Gasteiger partial charge in [0.1, 0.15) is 0 Å². The zero-order chi connectivity index (χ0) is 17.6. The molecular weight excluding hydrogens is 378 g/mol. The fraction of sp³-hybridized carbons (Fsp3) is 0.150. The summed E-state index contributed by atoms with van der Waals surface area (Å²) in [5.74, 6) is 0. The van der Waals surface area contributed by atoms with E-state index in [4.69, 9.17) is 0 Å². The Balaban J connectivity index is 1.60. The largest absolute Gasteiger partial charge is 0.345 e. The van der Waals surface area contributed by atoms with Crippen molar-refractivity contribution in [3.63, 3.8) is 0 Å². The van der Waals surface area contributed by atoms with E-state index in [0.29, 0.717) is 6.54 Å². The molecule has 2 aromatic carbocycles. The van der Waals surface area contributed by atoms with Gasteiger partial charge >= 0.3 is 6.03 Å². The van der Waals surface area contributed by atoms with Gasteiger partial charge in [-0.15, -0.1) is 0 Å². The maximum absolute atomic E-state index is 12.1. The molecule has 25 heavy (non-hydrogen) atoms. The predicted molar refractivity (Wildman–Crippen MR) is 105 cm³/mol. The van der Waals surface area contributed by atoms with Gasteiger partial charge in [-0.05, 0) is 48.4 Å². The Bertz CT molecular complexity index is 873. The first-order valence-electron chi connectivity index (χ1n) is 8.11. The van der Waals surface area contributed by atoms with Crippen LogP contribution in [0.5, 0.6) is 0 Å². The maximum Gasteiger partial charge on any atom is 0.319 e. The summed E-state index contributed by atoms with van der Waals surface area (Å²) in [5, 5.41) is 5.74. The highest BCUT2D eigenvalue weighted by atomic mass is 79.9. The molecule has 3 rings (SSSR count). The van der Waals surface area contributed by atoms with Crippen molar-refractivity contribution in [2.75, 3.05) is 5.32 Å². The molecule has 0 saturated heterocycles. The molecule has 2 N–H and O–H groups in total. The summed E-state index contributed by atoms with van der Waals surface area (Å²) in [6.07, 6.45) is 2.04. The first-order valence-corrected chi connectivity index (χ1v) is 8.90. The quantitative estimate of drug-likeness (QED) is 0.629. The number of amides is 2. The lowest BCUT2D eigenvalue weighted by atomic mass is 10.1. The second-order valence-electron chi connectivity index (χ2n) is 5.87. The van der Waals surface area contributed by atoms with Gasteiger partial charge in [-0.25, -0.2) is 4.79 Å². The molecule has 0 aliphatic rings. The third-order valence-corrected chi connectivity index (χ3v) is 4.53. The van der Waals surface area contributed by atoms with Crippen molar-refractivity contribution >= 4 is 27.6 Å². The molecule has 0 spiro atoms. The van der Waals surface area contributed by atoms with Gasteiger partial charge in [0.05, 0.1) is 6.54 Å². The van der Waals surface area contributed by atoms with Crippen LogP contribution in [0, 0.1) is 6.92 Å². The van der Waals surface area contributed by atoms with Crippen molar-refractivity contribution in [2.45, 2.75) is 20.0 Å². The average Bonchev–Trinajstić information content (AvgIpc) is 3.02. The Labute approximate surface area is 156 Å². The van der Waals surface area contributed by atoms with Crippen LogP contribution in [0.2, 0.25) is 0 Å². The zero-order valence-electron chi connectivity index (χ0n) is 14.0. The van der Waals surface area contributed by atoms with Crippen LogP contribution in [-0.4, -0.2) is 10.6 Å². The SMILES string of the molecule is Cc1ccccc1Cn1cccc1CNC(=O)Nc1cccc(Br)c1. The van der Waals surface area contributed by atoms with Crippen LogP contribution in [0.25, 0.3) is 0 Å². The number of hydrogen-bond acceptors (Lipinski definition) is 1. The molecule has 0 saturated carbocycles. The standard InChI is InChI=1S/C20H20BrN3O/c1-15-6-2-3-7-16(15)14-24-11-5-10-19(24)13-22-20(25)23-18-9-4-8-17(21)12-18/h2-12H,13-14H2,1H3,(H2,22,23,25). The number of aromatic nitrogens is 1. The van der Waals surface area contributed by atoms with Crippen molar-refractivity contribution in [2.24, 2.45) is 0 Å². The van der Waals surface area contributed by atoms with Crippen LogP contribution in [0.3, 0.4) is 0 Å². The highest BCUT2D eigenvalue weighted by Crippen LogP contribution is 2.15. The minimum Gasteiger partial charge on any atom is -0.345 e. The van der Waals surface area contributed by atoms with Gasteiger partial charge in [0.15, 0.2) is 0 Å². The number of rotatable bonds is 5. The average molecular weight is 398 g/mol. The molecule has 0 radical (unpaired) electrons. The fourth-order valence-corrected chi connectivity index (χ4v) is 3.05. The Morgan fingerprint density at radius 3 is 2.72 bits per heavy atom. The van der Waals surface area contributed by atoms with Gasteiger partial charge in [0.2, 0.25) is 0 Å². The Kier molecular flexibility index (Phi) is 5.56. The Morgan fingerprint density at radius 1 is 1.08 bits per heavy atom. The van der Waals surface area contributed by atoms with E-state index in [9.17, 15) is 4.79 Å². The first kappa shape index (κ1) is 17.3. The number of urea groups is 1. The summed E-state index contributed by atoms with van der Waals surface area (Å²) in [6, 6.07) is 19.7. The van der Waals surface area contributed by atoms with E-state index >= 15 is 0 Å². The Morgan fingerprint density at radius 2 is 1.92 bits per heavy atom. The molecule has 0 fully saturated rings. The van der Waals surface area contributed by atoms with E-state index in [2.05, 4.69) is 56.3 Å². The van der Waals surface area contributed by atoms with Gasteiger partial charge in [0, 0.05) is 28.6 Å². The fourth-order valence-electron chi connectivity index (χ4n) is 2.65. The molecule has 2 amide bonds. The molecule has 128 valence electrons. The second-order valence-corrected chi connectivity index (χ2v) is 6.79. The molecule has 0 atom stereocenters. The number of halogens is 1. The van der Waals surface area contributed by atoms with E-state index in [-0.39, 0.29) is 6.03 Å². The number of anilines is 1. The lowest BCUT2D eigenvalue weighted by Crippen LogP contribution is -2.29.